The molecular weight excluding hydrogens is 258 g/mol. The van der Waals surface area contributed by atoms with Crippen LogP contribution in [0.3, 0.4) is 0 Å². The first-order chi connectivity index (χ1) is 9.26. The molecule has 0 bridgehead atoms. The standard InChI is InChI=1S/C15H23NO2S/c1-11(16-2)15-13(17-3)7-4-8-14(15)19-10-12-6-5-9-18-12/h4,7-8,11-12,16H,5-6,9-10H2,1-3H3. The fraction of sp³-hybridized carbons (Fsp3) is 0.600. The molecule has 1 saturated heterocycles. The molecule has 1 aliphatic rings. The van der Waals surface area contributed by atoms with E-state index in [2.05, 4.69) is 24.4 Å². The summed E-state index contributed by atoms with van der Waals surface area (Å²) in [7, 11) is 3.71. The molecule has 2 unspecified atom stereocenters. The second-order valence-electron chi connectivity index (χ2n) is 4.83. The Hall–Kier alpha value is -0.710. The van der Waals surface area contributed by atoms with Crippen molar-refractivity contribution >= 4 is 11.8 Å². The van der Waals surface area contributed by atoms with Crippen molar-refractivity contribution in [1.82, 2.24) is 5.32 Å². The lowest BCUT2D eigenvalue weighted by molar-refractivity contribution is 0.129. The molecule has 1 aromatic carbocycles. The first-order valence-corrected chi connectivity index (χ1v) is 7.83. The van der Waals surface area contributed by atoms with Crippen LogP contribution in [0.4, 0.5) is 0 Å². The molecule has 1 aromatic rings. The molecule has 4 heteroatoms. The van der Waals surface area contributed by atoms with Gasteiger partial charge in [-0.05, 0) is 38.9 Å². The van der Waals surface area contributed by atoms with Crippen molar-refractivity contribution in [2.24, 2.45) is 0 Å². The van der Waals surface area contributed by atoms with Crippen LogP contribution in [-0.4, -0.2) is 32.6 Å². The van der Waals surface area contributed by atoms with Crippen molar-refractivity contribution in [1.29, 1.82) is 0 Å². The first kappa shape index (κ1) is 14.7. The lowest BCUT2D eigenvalue weighted by Gasteiger charge is -2.19. The third kappa shape index (κ3) is 3.65. The van der Waals surface area contributed by atoms with Gasteiger partial charge in [0, 0.05) is 28.9 Å². The number of benzene rings is 1. The van der Waals surface area contributed by atoms with Gasteiger partial charge < -0.3 is 14.8 Å². The molecule has 0 spiro atoms. The summed E-state index contributed by atoms with van der Waals surface area (Å²) in [6.45, 7) is 3.08. The Morgan fingerprint density at radius 2 is 2.37 bits per heavy atom. The highest BCUT2D eigenvalue weighted by molar-refractivity contribution is 7.99. The van der Waals surface area contributed by atoms with Crippen molar-refractivity contribution in [3.05, 3.63) is 23.8 Å². The van der Waals surface area contributed by atoms with E-state index in [4.69, 9.17) is 9.47 Å². The second kappa shape index (κ2) is 7.17. The third-order valence-corrected chi connectivity index (χ3v) is 4.77. The van der Waals surface area contributed by atoms with Crippen LogP contribution in [-0.2, 0) is 4.74 Å². The quantitative estimate of drug-likeness (QED) is 0.811. The molecule has 19 heavy (non-hydrogen) atoms. The summed E-state index contributed by atoms with van der Waals surface area (Å²) >= 11 is 1.87. The van der Waals surface area contributed by atoms with Gasteiger partial charge in [-0.25, -0.2) is 0 Å². The van der Waals surface area contributed by atoms with Crippen molar-refractivity contribution < 1.29 is 9.47 Å². The highest BCUT2D eigenvalue weighted by Gasteiger charge is 2.19. The lowest BCUT2D eigenvalue weighted by atomic mass is 10.1. The van der Waals surface area contributed by atoms with Gasteiger partial charge in [-0.15, -0.1) is 11.8 Å². The molecule has 1 N–H and O–H groups in total. The second-order valence-corrected chi connectivity index (χ2v) is 5.89. The van der Waals surface area contributed by atoms with Gasteiger partial charge in [0.15, 0.2) is 0 Å². The fourth-order valence-electron chi connectivity index (χ4n) is 2.36. The summed E-state index contributed by atoms with van der Waals surface area (Å²) in [6, 6.07) is 6.54. The van der Waals surface area contributed by atoms with E-state index in [1.165, 1.54) is 23.3 Å². The predicted molar refractivity (Wildman–Crippen MR) is 80.2 cm³/mol. The van der Waals surface area contributed by atoms with Gasteiger partial charge in [0.2, 0.25) is 0 Å². The van der Waals surface area contributed by atoms with E-state index in [1.807, 2.05) is 24.9 Å². The van der Waals surface area contributed by atoms with E-state index in [-0.39, 0.29) is 6.04 Å². The summed E-state index contributed by atoms with van der Waals surface area (Å²) in [5.74, 6) is 1.98. The molecule has 1 fully saturated rings. The van der Waals surface area contributed by atoms with Gasteiger partial charge in [0.25, 0.3) is 0 Å². The van der Waals surface area contributed by atoms with Gasteiger partial charge in [-0.2, -0.15) is 0 Å². The van der Waals surface area contributed by atoms with Gasteiger partial charge in [0.05, 0.1) is 13.2 Å². The number of hydrogen-bond acceptors (Lipinski definition) is 4. The minimum atomic E-state index is 0.281. The van der Waals surface area contributed by atoms with E-state index < -0.39 is 0 Å². The normalized spacial score (nSPS) is 20.5. The minimum Gasteiger partial charge on any atom is -0.496 e. The molecule has 1 heterocycles. The molecular formula is C15H23NO2S. The first-order valence-electron chi connectivity index (χ1n) is 6.84. The topological polar surface area (TPSA) is 30.5 Å². The number of thioether (sulfide) groups is 1. The molecule has 2 rings (SSSR count). The molecule has 0 radical (unpaired) electrons. The molecule has 0 aromatic heterocycles. The summed E-state index contributed by atoms with van der Waals surface area (Å²) in [5, 5.41) is 3.30. The van der Waals surface area contributed by atoms with Crippen LogP contribution >= 0.6 is 11.8 Å². The fourth-order valence-corrected chi connectivity index (χ4v) is 3.59. The van der Waals surface area contributed by atoms with Crippen LogP contribution in [0.1, 0.15) is 31.4 Å². The number of ether oxygens (including phenoxy) is 2. The van der Waals surface area contributed by atoms with E-state index >= 15 is 0 Å². The van der Waals surface area contributed by atoms with Gasteiger partial charge in [-0.1, -0.05) is 6.07 Å². The summed E-state index contributed by atoms with van der Waals surface area (Å²) in [4.78, 5) is 1.29. The van der Waals surface area contributed by atoms with Crippen LogP contribution < -0.4 is 10.1 Å². The average Bonchev–Trinajstić information content (AvgIpc) is 2.97. The maximum absolute atomic E-state index is 5.69. The highest BCUT2D eigenvalue weighted by Crippen LogP contribution is 2.35. The van der Waals surface area contributed by atoms with E-state index in [0.29, 0.717) is 6.10 Å². The van der Waals surface area contributed by atoms with Crippen molar-refractivity contribution in [3.63, 3.8) is 0 Å². The summed E-state index contributed by atoms with van der Waals surface area (Å²) in [5.41, 5.74) is 1.25. The van der Waals surface area contributed by atoms with E-state index in [0.717, 1.165) is 18.1 Å². The number of hydrogen-bond donors (Lipinski definition) is 1. The third-order valence-electron chi connectivity index (χ3n) is 3.56. The number of methoxy groups -OCH3 is 1. The van der Waals surface area contributed by atoms with Gasteiger partial charge in [-0.3, -0.25) is 0 Å². The molecule has 3 nitrogen and oxygen atoms in total. The molecule has 106 valence electrons. The average molecular weight is 281 g/mol. The Balaban J connectivity index is 2.13. The zero-order valence-corrected chi connectivity index (χ0v) is 12.8. The summed E-state index contributed by atoms with van der Waals surface area (Å²) < 4.78 is 11.2. The van der Waals surface area contributed by atoms with Crippen molar-refractivity contribution in [2.75, 3.05) is 26.5 Å². The number of nitrogens with one attached hydrogen (secondary N) is 1. The maximum Gasteiger partial charge on any atom is 0.124 e. The Morgan fingerprint density at radius 3 is 3.00 bits per heavy atom. The molecule has 0 saturated carbocycles. The van der Waals surface area contributed by atoms with Crippen LogP contribution in [0.5, 0.6) is 5.75 Å². The zero-order valence-electron chi connectivity index (χ0n) is 11.9. The van der Waals surface area contributed by atoms with Crippen molar-refractivity contribution in [2.45, 2.75) is 36.8 Å². The monoisotopic (exact) mass is 281 g/mol. The van der Waals surface area contributed by atoms with Crippen LogP contribution in [0, 0.1) is 0 Å². The number of rotatable bonds is 6. The zero-order chi connectivity index (χ0) is 13.7. The Kier molecular flexibility index (Phi) is 5.55. The van der Waals surface area contributed by atoms with Crippen LogP contribution in [0.25, 0.3) is 0 Å². The molecule has 1 aliphatic heterocycles. The highest BCUT2D eigenvalue weighted by atomic mass is 32.2. The molecule has 0 aliphatic carbocycles. The Labute approximate surface area is 120 Å². The maximum atomic E-state index is 5.69. The van der Waals surface area contributed by atoms with Crippen LogP contribution in [0.15, 0.2) is 23.1 Å². The van der Waals surface area contributed by atoms with Gasteiger partial charge in [0.1, 0.15) is 5.75 Å². The lowest BCUT2D eigenvalue weighted by Crippen LogP contribution is -2.15. The minimum absolute atomic E-state index is 0.281. The Bertz CT molecular complexity index is 405. The largest absolute Gasteiger partial charge is 0.496 e. The smallest absolute Gasteiger partial charge is 0.124 e. The molecule has 0 amide bonds. The van der Waals surface area contributed by atoms with E-state index in [9.17, 15) is 0 Å². The summed E-state index contributed by atoms with van der Waals surface area (Å²) in [6.07, 6.45) is 2.80. The van der Waals surface area contributed by atoms with Crippen LogP contribution in [0.2, 0.25) is 0 Å². The predicted octanol–water partition coefficient (Wildman–Crippen LogP) is 3.25. The molecule has 2 atom stereocenters. The Morgan fingerprint density at radius 1 is 1.53 bits per heavy atom. The van der Waals surface area contributed by atoms with E-state index in [1.54, 1.807) is 7.11 Å². The van der Waals surface area contributed by atoms with Crippen molar-refractivity contribution in [3.8, 4) is 5.75 Å². The van der Waals surface area contributed by atoms with Gasteiger partial charge >= 0.3 is 0 Å². The SMILES string of the molecule is CNC(C)c1c(OC)cccc1SCC1CCCO1.